The molecule has 2 nitrogen and oxygen atoms in total. The van der Waals surface area contributed by atoms with Crippen molar-refractivity contribution in [3.05, 3.63) is 202 Å². The van der Waals surface area contributed by atoms with E-state index in [0.717, 1.165) is 12.2 Å². The molecule has 3 heterocycles. The van der Waals surface area contributed by atoms with E-state index in [1.54, 1.807) is 0 Å². The first kappa shape index (κ1) is 25.5. The van der Waals surface area contributed by atoms with E-state index in [4.69, 9.17) is 4.98 Å². The average Bonchev–Trinajstić information content (AvgIpc) is 3.60. The predicted octanol–water partition coefficient (Wildman–Crippen LogP) is 10.5. The van der Waals surface area contributed by atoms with E-state index in [9.17, 15) is 0 Å². The zero-order valence-electron chi connectivity index (χ0n) is 26.0. The Hall–Kier alpha value is -5.73. The topological polar surface area (TPSA) is 16.1 Å². The van der Waals surface area contributed by atoms with Crippen LogP contribution in [0.3, 0.4) is 0 Å². The summed E-state index contributed by atoms with van der Waals surface area (Å²) in [4.78, 5) is 7.81. The van der Waals surface area contributed by atoms with Gasteiger partial charge in [0.2, 0.25) is 0 Å². The Balaban J connectivity index is 1.38. The monoisotopic (exact) mass is 598 g/mol. The number of aryl methyl sites for hydroxylation is 1. The number of para-hydroxylation sites is 1. The molecule has 0 N–H and O–H groups in total. The molecule has 47 heavy (non-hydrogen) atoms. The van der Waals surface area contributed by atoms with Gasteiger partial charge >= 0.3 is 0 Å². The van der Waals surface area contributed by atoms with Crippen molar-refractivity contribution >= 4 is 17.2 Å². The summed E-state index contributed by atoms with van der Waals surface area (Å²) in [5, 5.41) is 0. The first-order chi connectivity index (χ1) is 23.3. The van der Waals surface area contributed by atoms with Crippen molar-refractivity contribution in [2.45, 2.75) is 24.2 Å². The van der Waals surface area contributed by atoms with Crippen LogP contribution < -0.4 is 4.90 Å². The van der Waals surface area contributed by atoms with Crippen molar-refractivity contribution in [3.63, 3.8) is 0 Å². The van der Waals surface area contributed by atoms with Crippen LogP contribution in [0.15, 0.2) is 152 Å². The third kappa shape index (κ3) is 2.76. The molecule has 4 aliphatic rings. The van der Waals surface area contributed by atoms with E-state index in [1.807, 2.05) is 6.20 Å². The fourth-order valence-electron chi connectivity index (χ4n) is 9.82. The number of aromatic nitrogens is 1. The highest BCUT2D eigenvalue weighted by Gasteiger charge is 2.58. The van der Waals surface area contributed by atoms with Crippen LogP contribution in [0.5, 0.6) is 0 Å². The molecule has 0 saturated heterocycles. The third-order valence-electron chi connectivity index (χ3n) is 11.5. The Labute approximate surface area is 274 Å². The summed E-state index contributed by atoms with van der Waals surface area (Å²) in [7, 11) is 0. The number of benzene rings is 6. The quantitative estimate of drug-likeness (QED) is 0.187. The molecular weight excluding hydrogens is 569 g/mol. The molecule has 2 aliphatic heterocycles. The van der Waals surface area contributed by atoms with Gasteiger partial charge < -0.3 is 0 Å². The smallest absolute Gasteiger partial charge is 0.142 e. The summed E-state index contributed by atoms with van der Waals surface area (Å²) in [6.07, 6.45) is 2.94. The lowest BCUT2D eigenvalue weighted by Gasteiger charge is -2.51. The molecular formula is C45H30N2. The molecule has 11 rings (SSSR count). The van der Waals surface area contributed by atoms with Crippen LogP contribution in [0.1, 0.15) is 57.0 Å². The molecule has 6 aromatic carbocycles. The largest absolute Gasteiger partial charge is 0.294 e. The SMILES string of the molecule is CCc1ccc2c(c1)N1c3ncccc3C3(c4ccccc4-c4ccccc43)c3cccc(c31)C21c2ccccc2-c2ccccc21. The van der Waals surface area contributed by atoms with Gasteiger partial charge in [0.25, 0.3) is 0 Å². The Kier molecular flexibility index (Phi) is 4.74. The second-order valence-electron chi connectivity index (χ2n) is 13.3. The molecule has 7 aromatic rings. The molecule has 2 heteroatoms. The van der Waals surface area contributed by atoms with E-state index in [1.165, 1.54) is 83.7 Å². The zero-order chi connectivity index (χ0) is 30.9. The van der Waals surface area contributed by atoms with Crippen LogP contribution in [-0.4, -0.2) is 4.98 Å². The molecule has 0 radical (unpaired) electrons. The van der Waals surface area contributed by atoms with E-state index >= 15 is 0 Å². The highest BCUT2D eigenvalue weighted by Crippen LogP contribution is 2.69. The Morgan fingerprint density at radius 3 is 1.47 bits per heavy atom. The highest BCUT2D eigenvalue weighted by molar-refractivity contribution is 6.01. The van der Waals surface area contributed by atoms with Crippen molar-refractivity contribution in [3.8, 4) is 22.3 Å². The van der Waals surface area contributed by atoms with Crippen LogP contribution in [-0.2, 0) is 17.3 Å². The molecule has 0 saturated carbocycles. The Morgan fingerprint density at radius 1 is 0.468 bits per heavy atom. The van der Waals surface area contributed by atoms with Gasteiger partial charge in [-0.2, -0.15) is 0 Å². The van der Waals surface area contributed by atoms with Crippen LogP contribution >= 0.6 is 0 Å². The van der Waals surface area contributed by atoms with E-state index in [-0.39, 0.29) is 0 Å². The number of hydrogen-bond acceptors (Lipinski definition) is 2. The van der Waals surface area contributed by atoms with Crippen LogP contribution in [0.4, 0.5) is 17.2 Å². The lowest BCUT2D eigenvalue weighted by Crippen LogP contribution is -2.43. The summed E-state index contributed by atoms with van der Waals surface area (Å²) in [6.45, 7) is 2.25. The van der Waals surface area contributed by atoms with Gasteiger partial charge in [-0.25, -0.2) is 4.98 Å². The lowest BCUT2D eigenvalue weighted by atomic mass is 9.59. The highest BCUT2D eigenvalue weighted by atomic mass is 15.2. The van der Waals surface area contributed by atoms with Gasteiger partial charge in [0, 0.05) is 11.8 Å². The van der Waals surface area contributed by atoms with Crippen molar-refractivity contribution < 1.29 is 0 Å². The fourth-order valence-corrected chi connectivity index (χ4v) is 9.82. The molecule has 1 aromatic heterocycles. The van der Waals surface area contributed by atoms with Gasteiger partial charge in [-0.05, 0) is 85.3 Å². The Bertz CT molecular complexity index is 2380. The first-order valence-corrected chi connectivity index (χ1v) is 16.7. The number of nitrogens with zero attached hydrogens (tertiary/aromatic N) is 2. The van der Waals surface area contributed by atoms with Gasteiger partial charge in [-0.15, -0.1) is 0 Å². The molecule has 0 bridgehead atoms. The maximum atomic E-state index is 5.29. The number of pyridine rings is 1. The molecule has 2 spiro atoms. The zero-order valence-corrected chi connectivity index (χ0v) is 26.0. The summed E-state index contributed by atoms with van der Waals surface area (Å²) in [6, 6.07) is 55.0. The molecule has 0 fully saturated rings. The molecule has 0 atom stereocenters. The van der Waals surface area contributed by atoms with Crippen molar-refractivity contribution in [1.82, 2.24) is 4.98 Å². The number of anilines is 3. The van der Waals surface area contributed by atoms with E-state index < -0.39 is 10.8 Å². The van der Waals surface area contributed by atoms with E-state index in [2.05, 4.69) is 157 Å². The van der Waals surface area contributed by atoms with Crippen molar-refractivity contribution in [2.24, 2.45) is 0 Å². The normalized spacial score (nSPS) is 15.7. The van der Waals surface area contributed by atoms with Crippen molar-refractivity contribution in [2.75, 3.05) is 4.90 Å². The van der Waals surface area contributed by atoms with Crippen LogP contribution in [0, 0.1) is 0 Å². The summed E-state index contributed by atoms with van der Waals surface area (Å²) < 4.78 is 0. The van der Waals surface area contributed by atoms with Gasteiger partial charge in [0.05, 0.1) is 22.2 Å². The van der Waals surface area contributed by atoms with Gasteiger partial charge in [0.1, 0.15) is 5.82 Å². The molecule has 0 amide bonds. The second-order valence-corrected chi connectivity index (χ2v) is 13.3. The van der Waals surface area contributed by atoms with Crippen LogP contribution in [0.2, 0.25) is 0 Å². The maximum absolute atomic E-state index is 5.29. The number of fused-ring (bicyclic) bond motifs is 18. The summed E-state index contributed by atoms with van der Waals surface area (Å²) in [5.41, 5.74) is 18.7. The van der Waals surface area contributed by atoms with Gasteiger partial charge in [0.15, 0.2) is 0 Å². The standard InChI is InChI=1S/C45H30N2/c1-2-28-24-25-37-41(27-28)47-42-38(44(37)33-17-7-3-13-29(33)30-14-4-8-18-34(30)44)21-11-22-39(42)45(40-23-12-26-46-43(40)47)35-19-9-5-15-31(35)32-16-6-10-20-36(32)45/h3-27H,2H2,1H3. The van der Waals surface area contributed by atoms with Crippen LogP contribution in [0.25, 0.3) is 22.3 Å². The maximum Gasteiger partial charge on any atom is 0.142 e. The molecule has 220 valence electrons. The predicted molar refractivity (Wildman–Crippen MR) is 190 cm³/mol. The first-order valence-electron chi connectivity index (χ1n) is 16.7. The number of hydrogen-bond donors (Lipinski definition) is 0. The third-order valence-corrected chi connectivity index (χ3v) is 11.5. The van der Waals surface area contributed by atoms with E-state index in [0.29, 0.717) is 0 Å². The summed E-state index contributed by atoms with van der Waals surface area (Å²) >= 11 is 0. The molecule has 2 aliphatic carbocycles. The van der Waals surface area contributed by atoms with Gasteiger partial charge in [-0.3, -0.25) is 4.90 Å². The number of rotatable bonds is 1. The lowest BCUT2D eigenvalue weighted by molar-refractivity contribution is 0.702. The second kappa shape index (κ2) is 8.74. The summed E-state index contributed by atoms with van der Waals surface area (Å²) in [5.74, 6) is 1.02. The minimum atomic E-state index is -0.503. The average molecular weight is 599 g/mol. The van der Waals surface area contributed by atoms with Crippen molar-refractivity contribution in [1.29, 1.82) is 0 Å². The minimum Gasteiger partial charge on any atom is -0.294 e. The Morgan fingerprint density at radius 2 is 0.936 bits per heavy atom. The van der Waals surface area contributed by atoms with Gasteiger partial charge in [-0.1, -0.05) is 140 Å². The molecule has 0 unspecified atom stereocenters. The fraction of sp³-hybridized carbons (Fsp3) is 0.0889. The minimum absolute atomic E-state index is 0.470.